The Bertz CT molecular complexity index is 1600. The van der Waals surface area contributed by atoms with Gasteiger partial charge >= 0.3 is 6.18 Å². The van der Waals surface area contributed by atoms with Crippen molar-refractivity contribution in [3.8, 4) is 0 Å². The number of benzene rings is 2. The summed E-state index contributed by atoms with van der Waals surface area (Å²) in [5, 5.41) is 7.67. The zero-order valence-corrected chi connectivity index (χ0v) is 19.5. The quantitative estimate of drug-likeness (QED) is 0.412. The van der Waals surface area contributed by atoms with E-state index in [0.717, 1.165) is 18.9 Å². The largest absolute Gasteiger partial charge is 0.435 e. The summed E-state index contributed by atoms with van der Waals surface area (Å²) in [7, 11) is 0. The minimum absolute atomic E-state index is 0.0174. The lowest BCUT2D eigenvalue weighted by molar-refractivity contribution is -0.142. The number of amides is 1. The van der Waals surface area contributed by atoms with Crippen molar-refractivity contribution in [1.29, 1.82) is 0 Å². The molecule has 0 bridgehead atoms. The van der Waals surface area contributed by atoms with E-state index in [9.17, 15) is 27.2 Å². The van der Waals surface area contributed by atoms with E-state index < -0.39 is 23.6 Å². The smallest absolute Gasteiger partial charge is 0.331 e. The highest BCUT2D eigenvalue weighted by atomic mass is 19.4. The Balaban J connectivity index is 1.30. The van der Waals surface area contributed by atoms with Gasteiger partial charge in [0, 0.05) is 30.8 Å². The molecule has 1 amide bonds. The molecule has 1 saturated carbocycles. The lowest BCUT2D eigenvalue weighted by atomic mass is 10.0. The molecule has 1 aliphatic heterocycles. The number of H-pyrrole nitrogens is 1. The molecule has 190 valence electrons. The average Bonchev–Trinajstić information content (AvgIpc) is 3.65. The maximum atomic E-state index is 14.8. The number of alkyl halides is 3. The molecular weight excluding hydrogens is 490 g/mol. The van der Waals surface area contributed by atoms with Crippen LogP contribution in [0, 0.1) is 5.82 Å². The van der Waals surface area contributed by atoms with Crippen molar-refractivity contribution in [2.24, 2.45) is 0 Å². The Morgan fingerprint density at radius 3 is 2.57 bits per heavy atom. The van der Waals surface area contributed by atoms with Crippen molar-refractivity contribution in [2.45, 2.75) is 44.4 Å². The SMILES string of the molecule is O=C(c1cc(Cc2n[nH]c(=O)c3ccccc23)ccc1F)N1CCn2c(C3CC3)nc(C(F)(F)F)c2C1. The number of rotatable bonds is 4. The summed E-state index contributed by atoms with van der Waals surface area (Å²) in [6.07, 6.45) is -2.83. The van der Waals surface area contributed by atoms with E-state index in [1.807, 2.05) is 0 Å². The summed E-state index contributed by atoms with van der Waals surface area (Å²) >= 11 is 0. The number of aromatic nitrogens is 4. The Kier molecular flexibility index (Phi) is 5.39. The van der Waals surface area contributed by atoms with Crippen LogP contribution in [0.1, 0.15) is 57.6 Å². The van der Waals surface area contributed by atoms with Crippen molar-refractivity contribution in [3.63, 3.8) is 0 Å². The fraction of sp³-hybridized carbons (Fsp3) is 0.308. The van der Waals surface area contributed by atoms with Crippen LogP contribution >= 0.6 is 0 Å². The number of fused-ring (bicyclic) bond motifs is 2. The maximum absolute atomic E-state index is 14.8. The Labute approximate surface area is 207 Å². The predicted molar refractivity (Wildman–Crippen MR) is 126 cm³/mol. The van der Waals surface area contributed by atoms with Gasteiger partial charge < -0.3 is 9.47 Å². The summed E-state index contributed by atoms with van der Waals surface area (Å²) in [4.78, 5) is 30.5. The molecule has 2 aromatic heterocycles. The minimum Gasteiger partial charge on any atom is -0.331 e. The fourth-order valence-electron chi connectivity index (χ4n) is 4.97. The highest BCUT2D eigenvalue weighted by Gasteiger charge is 2.43. The molecule has 37 heavy (non-hydrogen) atoms. The van der Waals surface area contributed by atoms with Crippen molar-refractivity contribution >= 4 is 16.7 Å². The molecule has 1 aliphatic carbocycles. The number of imidazole rings is 1. The van der Waals surface area contributed by atoms with Crippen molar-refractivity contribution in [2.75, 3.05) is 6.54 Å². The van der Waals surface area contributed by atoms with E-state index >= 15 is 0 Å². The van der Waals surface area contributed by atoms with Crippen molar-refractivity contribution in [3.05, 3.63) is 92.7 Å². The summed E-state index contributed by atoms with van der Waals surface area (Å²) in [6, 6.07) is 11.0. The van der Waals surface area contributed by atoms with E-state index in [4.69, 9.17) is 0 Å². The number of halogens is 4. The third-order valence-electron chi connectivity index (χ3n) is 6.94. The Morgan fingerprint density at radius 1 is 1.08 bits per heavy atom. The molecule has 7 nitrogen and oxygen atoms in total. The molecule has 1 N–H and O–H groups in total. The summed E-state index contributed by atoms with van der Waals surface area (Å²) in [5.41, 5.74) is -0.475. The van der Waals surface area contributed by atoms with Gasteiger partial charge in [-0.2, -0.15) is 18.3 Å². The number of nitrogens with zero attached hydrogens (tertiary/aromatic N) is 4. The van der Waals surface area contributed by atoms with Crippen LogP contribution in [0.25, 0.3) is 10.8 Å². The molecule has 2 aliphatic rings. The van der Waals surface area contributed by atoms with Gasteiger partial charge in [0.2, 0.25) is 0 Å². The third kappa shape index (κ3) is 4.17. The first kappa shape index (κ1) is 23.4. The van der Waals surface area contributed by atoms with Crippen LogP contribution in [-0.2, 0) is 25.7 Å². The first-order valence-electron chi connectivity index (χ1n) is 11.9. The number of carbonyl (C=O) groups excluding carboxylic acids is 1. The van der Waals surface area contributed by atoms with Crippen LogP contribution in [0.2, 0.25) is 0 Å². The van der Waals surface area contributed by atoms with Crippen LogP contribution in [-0.4, -0.2) is 37.1 Å². The number of carbonyl (C=O) groups is 1. The first-order valence-corrected chi connectivity index (χ1v) is 11.9. The molecule has 0 saturated heterocycles. The molecule has 2 aromatic carbocycles. The Morgan fingerprint density at radius 2 is 1.84 bits per heavy atom. The van der Waals surface area contributed by atoms with Crippen LogP contribution < -0.4 is 5.56 Å². The Hall–Kier alpha value is -4.02. The number of hydrogen-bond donors (Lipinski definition) is 1. The van der Waals surface area contributed by atoms with Crippen molar-refractivity contribution in [1.82, 2.24) is 24.6 Å². The van der Waals surface area contributed by atoms with Crippen LogP contribution in [0.3, 0.4) is 0 Å². The van der Waals surface area contributed by atoms with Gasteiger partial charge in [0.15, 0.2) is 5.69 Å². The third-order valence-corrected chi connectivity index (χ3v) is 6.94. The standard InChI is InChI=1S/C26H21F4N5O2/c27-19-8-5-14(12-20-16-3-1-2-4-17(16)24(36)33-32-20)11-18(19)25(37)34-9-10-35-21(13-34)22(26(28,29)30)31-23(35)15-6-7-15/h1-5,8,11,15H,6-7,9-10,12-13H2,(H,33,36). The molecule has 0 unspecified atom stereocenters. The average molecular weight is 511 g/mol. The van der Waals surface area contributed by atoms with Gasteiger partial charge in [-0.25, -0.2) is 14.5 Å². The van der Waals surface area contributed by atoms with Gasteiger partial charge in [0.25, 0.3) is 11.5 Å². The van der Waals surface area contributed by atoms with E-state index in [2.05, 4.69) is 15.2 Å². The van der Waals surface area contributed by atoms with E-state index in [0.29, 0.717) is 27.9 Å². The second-order valence-electron chi connectivity index (χ2n) is 9.45. The van der Waals surface area contributed by atoms with Gasteiger partial charge in [0.05, 0.1) is 28.9 Å². The maximum Gasteiger partial charge on any atom is 0.435 e. The lowest BCUT2D eigenvalue weighted by Crippen LogP contribution is -2.39. The molecule has 4 aromatic rings. The molecule has 3 heterocycles. The van der Waals surface area contributed by atoms with E-state index in [1.54, 1.807) is 28.8 Å². The molecule has 0 atom stereocenters. The van der Waals surface area contributed by atoms with Crippen LogP contribution in [0.4, 0.5) is 17.6 Å². The molecule has 0 radical (unpaired) electrons. The number of aromatic amines is 1. The van der Waals surface area contributed by atoms with Crippen LogP contribution in [0.15, 0.2) is 47.3 Å². The lowest BCUT2D eigenvalue weighted by Gasteiger charge is -2.30. The highest BCUT2D eigenvalue weighted by Crippen LogP contribution is 2.43. The van der Waals surface area contributed by atoms with Crippen molar-refractivity contribution < 1.29 is 22.4 Å². The topological polar surface area (TPSA) is 83.9 Å². The van der Waals surface area contributed by atoms with Gasteiger partial charge in [-0.3, -0.25) is 9.59 Å². The zero-order valence-electron chi connectivity index (χ0n) is 19.5. The summed E-state index contributed by atoms with van der Waals surface area (Å²) < 4.78 is 57.5. The summed E-state index contributed by atoms with van der Waals surface area (Å²) in [5.74, 6) is -1.01. The molecule has 0 spiro atoms. The molecule has 1 fully saturated rings. The van der Waals surface area contributed by atoms with Gasteiger partial charge in [-0.1, -0.05) is 24.3 Å². The predicted octanol–water partition coefficient (Wildman–Crippen LogP) is 4.40. The summed E-state index contributed by atoms with van der Waals surface area (Å²) in [6.45, 7) is 0.0166. The molecular formula is C26H21F4N5O2. The van der Waals surface area contributed by atoms with E-state index in [-0.39, 0.29) is 48.8 Å². The van der Waals surface area contributed by atoms with E-state index in [1.165, 1.54) is 17.0 Å². The normalized spacial score (nSPS) is 15.7. The monoisotopic (exact) mass is 511 g/mol. The first-order chi connectivity index (χ1) is 17.7. The second kappa shape index (κ2) is 8.53. The minimum atomic E-state index is -4.64. The zero-order chi connectivity index (χ0) is 25.9. The second-order valence-corrected chi connectivity index (χ2v) is 9.45. The molecule has 11 heteroatoms. The van der Waals surface area contributed by atoms with Gasteiger partial charge in [-0.05, 0) is 36.6 Å². The van der Waals surface area contributed by atoms with Crippen LogP contribution in [0.5, 0.6) is 0 Å². The number of nitrogens with one attached hydrogen (secondary N) is 1. The number of hydrogen-bond acceptors (Lipinski definition) is 4. The van der Waals surface area contributed by atoms with Gasteiger partial charge in [0.1, 0.15) is 11.6 Å². The van der Waals surface area contributed by atoms with Gasteiger partial charge in [-0.15, -0.1) is 0 Å². The highest BCUT2D eigenvalue weighted by molar-refractivity contribution is 5.95. The molecule has 6 rings (SSSR count). The fourth-order valence-corrected chi connectivity index (χ4v) is 4.97.